The Balaban J connectivity index is 1.74. The van der Waals surface area contributed by atoms with E-state index in [1.54, 1.807) is 49.6 Å². The van der Waals surface area contributed by atoms with Crippen LogP contribution in [0, 0.1) is 16.0 Å². The van der Waals surface area contributed by atoms with Gasteiger partial charge in [-0.3, -0.25) is 24.6 Å². The Labute approximate surface area is 193 Å². The minimum atomic E-state index is -1.26. The third-order valence-corrected chi connectivity index (χ3v) is 7.60. The van der Waals surface area contributed by atoms with Crippen LogP contribution < -0.4 is 10.1 Å². The van der Waals surface area contributed by atoms with Gasteiger partial charge in [0.1, 0.15) is 11.3 Å². The molecule has 1 N–H and O–H groups in total. The van der Waals surface area contributed by atoms with E-state index < -0.39 is 22.3 Å². The number of ether oxygens (including phenoxy) is 1. The van der Waals surface area contributed by atoms with E-state index in [0.29, 0.717) is 34.0 Å². The van der Waals surface area contributed by atoms with E-state index in [0.717, 1.165) is 0 Å². The average molecular weight is 464 g/mol. The van der Waals surface area contributed by atoms with Crippen LogP contribution in [0.2, 0.25) is 0 Å². The van der Waals surface area contributed by atoms with Crippen molar-refractivity contribution in [3.63, 3.8) is 0 Å². The second-order valence-electron chi connectivity index (χ2n) is 8.29. The number of hydrogen-bond acceptors (Lipinski definition) is 7. The lowest BCUT2D eigenvalue weighted by Crippen LogP contribution is -2.51. The molecule has 2 aliphatic rings. The molecule has 1 aromatic heterocycles. The molecule has 1 saturated heterocycles. The topological polar surface area (TPSA) is 102 Å². The highest BCUT2D eigenvalue weighted by molar-refractivity contribution is 7.12. The number of hydrogen-bond donors (Lipinski definition) is 1. The molecule has 0 bridgehead atoms. The maximum Gasteiger partial charge on any atom is 0.269 e. The van der Waals surface area contributed by atoms with Gasteiger partial charge in [-0.05, 0) is 42.3 Å². The van der Waals surface area contributed by atoms with Crippen molar-refractivity contribution >= 4 is 34.4 Å². The van der Waals surface area contributed by atoms with Crippen molar-refractivity contribution in [2.24, 2.45) is 5.92 Å². The quantitative estimate of drug-likeness (QED) is 0.348. The Morgan fingerprint density at radius 2 is 2.06 bits per heavy atom. The summed E-state index contributed by atoms with van der Waals surface area (Å²) in [5, 5.41) is 16.2. The third kappa shape index (κ3) is 3.07. The molecule has 1 unspecified atom stereocenters. The fourth-order valence-electron chi connectivity index (χ4n) is 5.29. The number of nitrogens with one attached hydrogen (secondary N) is 1. The molecular weight excluding hydrogens is 442 g/mol. The van der Waals surface area contributed by atoms with Crippen LogP contribution in [-0.2, 0) is 10.3 Å². The summed E-state index contributed by atoms with van der Waals surface area (Å²) in [6.07, 6.45) is 0. The van der Waals surface area contributed by atoms with Crippen LogP contribution in [0.4, 0.5) is 11.4 Å². The van der Waals surface area contributed by atoms with Gasteiger partial charge in [-0.25, -0.2) is 0 Å². The maximum atomic E-state index is 14.0. The minimum Gasteiger partial charge on any atom is -0.497 e. The largest absolute Gasteiger partial charge is 0.497 e. The number of methoxy groups -OCH3 is 1. The number of amides is 1. The van der Waals surface area contributed by atoms with E-state index >= 15 is 0 Å². The van der Waals surface area contributed by atoms with Crippen molar-refractivity contribution in [2.75, 3.05) is 26.0 Å². The SMILES string of the molecule is COc1ccc2c(c1)[C@]1(C(=O)N2)C(C(=O)c2cccs2)[C@@H](c2cccc([N+](=O)[O-])c2)CN1C. The first-order valence-corrected chi connectivity index (χ1v) is 11.3. The molecule has 3 atom stereocenters. The molecular formula is C24H21N3O5S. The van der Waals surface area contributed by atoms with Crippen LogP contribution in [0.15, 0.2) is 60.0 Å². The lowest BCUT2D eigenvalue weighted by Gasteiger charge is -2.35. The fraction of sp³-hybridized carbons (Fsp3) is 0.250. The summed E-state index contributed by atoms with van der Waals surface area (Å²) in [7, 11) is 3.37. The Hall–Kier alpha value is -3.56. The normalized spacial score (nSPS) is 24.0. The third-order valence-electron chi connectivity index (χ3n) is 6.71. The maximum absolute atomic E-state index is 14.0. The number of nitro benzene ring substituents is 1. The van der Waals surface area contributed by atoms with E-state index in [2.05, 4.69) is 5.32 Å². The van der Waals surface area contributed by atoms with E-state index in [1.165, 1.54) is 23.5 Å². The molecule has 2 aliphatic heterocycles. The number of non-ortho nitro benzene ring substituents is 1. The molecule has 3 heterocycles. The number of anilines is 1. The van der Waals surface area contributed by atoms with Gasteiger partial charge in [-0.15, -0.1) is 11.3 Å². The molecule has 9 heteroatoms. The van der Waals surface area contributed by atoms with E-state index in [9.17, 15) is 19.7 Å². The summed E-state index contributed by atoms with van der Waals surface area (Å²) in [5.74, 6) is -1.06. The molecule has 0 aliphatic carbocycles. The zero-order valence-corrected chi connectivity index (χ0v) is 18.8. The number of carbonyl (C=O) groups excluding carboxylic acids is 2. The van der Waals surface area contributed by atoms with Crippen LogP contribution in [0.25, 0.3) is 0 Å². The molecule has 1 fully saturated rings. The number of likely N-dealkylation sites (tertiary alicyclic amines) is 1. The highest BCUT2D eigenvalue weighted by Crippen LogP contribution is 2.56. The molecule has 0 saturated carbocycles. The average Bonchev–Trinajstić information content (AvgIpc) is 3.52. The molecule has 2 aromatic carbocycles. The first kappa shape index (κ1) is 21.3. The second-order valence-corrected chi connectivity index (χ2v) is 9.24. The van der Waals surface area contributed by atoms with Crippen LogP contribution in [0.5, 0.6) is 5.75 Å². The number of rotatable bonds is 5. The number of ketones is 1. The van der Waals surface area contributed by atoms with Crippen molar-refractivity contribution < 1.29 is 19.2 Å². The van der Waals surface area contributed by atoms with E-state index in [4.69, 9.17) is 4.74 Å². The molecule has 33 heavy (non-hydrogen) atoms. The molecule has 168 valence electrons. The van der Waals surface area contributed by atoms with Gasteiger partial charge in [0.25, 0.3) is 5.69 Å². The van der Waals surface area contributed by atoms with Gasteiger partial charge in [0.15, 0.2) is 5.78 Å². The second kappa shape index (κ2) is 7.79. The van der Waals surface area contributed by atoms with Gasteiger partial charge >= 0.3 is 0 Å². The number of carbonyl (C=O) groups is 2. The molecule has 3 aromatic rings. The van der Waals surface area contributed by atoms with Gasteiger partial charge in [-0.2, -0.15) is 0 Å². The fourth-order valence-corrected chi connectivity index (χ4v) is 5.99. The molecule has 5 rings (SSSR count). The summed E-state index contributed by atoms with van der Waals surface area (Å²) in [4.78, 5) is 41.0. The molecule has 0 radical (unpaired) electrons. The number of thiophene rings is 1. The zero-order valence-electron chi connectivity index (χ0n) is 18.0. The first-order chi connectivity index (χ1) is 15.9. The van der Waals surface area contributed by atoms with Crippen molar-refractivity contribution in [1.82, 2.24) is 4.90 Å². The van der Waals surface area contributed by atoms with Crippen molar-refractivity contribution in [3.8, 4) is 5.75 Å². The zero-order chi connectivity index (χ0) is 23.3. The number of fused-ring (bicyclic) bond motifs is 2. The van der Waals surface area contributed by atoms with Gasteiger partial charge in [0.05, 0.1) is 22.8 Å². The highest BCUT2D eigenvalue weighted by atomic mass is 32.1. The Bertz CT molecular complexity index is 1270. The number of nitro groups is 1. The summed E-state index contributed by atoms with van der Waals surface area (Å²) >= 11 is 1.32. The van der Waals surface area contributed by atoms with Crippen molar-refractivity contribution in [1.29, 1.82) is 0 Å². The van der Waals surface area contributed by atoms with Crippen LogP contribution in [0.1, 0.15) is 26.7 Å². The number of nitrogens with zero attached hydrogens (tertiary/aromatic N) is 2. The van der Waals surface area contributed by atoms with E-state index in [-0.39, 0.29) is 17.4 Å². The molecule has 8 nitrogen and oxygen atoms in total. The monoisotopic (exact) mass is 463 g/mol. The highest BCUT2D eigenvalue weighted by Gasteiger charge is 2.64. The first-order valence-electron chi connectivity index (χ1n) is 10.4. The van der Waals surface area contributed by atoms with Crippen LogP contribution >= 0.6 is 11.3 Å². The Morgan fingerprint density at radius 3 is 2.76 bits per heavy atom. The molecule has 1 amide bonds. The van der Waals surface area contributed by atoms with E-state index in [1.807, 2.05) is 17.3 Å². The van der Waals surface area contributed by atoms with Crippen molar-refractivity contribution in [3.05, 3.63) is 86.1 Å². The standard InChI is InChI=1S/C24H21N3O5S/c1-26-13-17(14-5-3-6-15(11-14)27(30)31)21(22(28)20-7-4-10-33-20)24(26)18-12-16(32-2)8-9-19(18)25-23(24)29/h3-12,17,21H,13H2,1-2H3,(H,25,29)/t17-,21?,24-/m1/s1. The lowest BCUT2D eigenvalue weighted by atomic mass is 9.71. The molecule has 1 spiro atoms. The summed E-state index contributed by atoms with van der Waals surface area (Å²) in [6, 6.07) is 15.2. The van der Waals surface area contributed by atoms with Gasteiger partial charge < -0.3 is 10.1 Å². The van der Waals surface area contributed by atoms with Crippen LogP contribution in [0.3, 0.4) is 0 Å². The number of benzene rings is 2. The lowest BCUT2D eigenvalue weighted by molar-refractivity contribution is -0.384. The smallest absolute Gasteiger partial charge is 0.269 e. The predicted molar refractivity (Wildman–Crippen MR) is 124 cm³/mol. The van der Waals surface area contributed by atoms with Gasteiger partial charge in [-0.1, -0.05) is 18.2 Å². The summed E-state index contributed by atoms with van der Waals surface area (Å²) in [5.41, 5.74) is 0.664. The summed E-state index contributed by atoms with van der Waals surface area (Å²) < 4.78 is 5.42. The minimum absolute atomic E-state index is 0.0450. The number of Topliss-reactive ketones (excluding diaryl/α,β-unsaturated/α-hetero) is 1. The summed E-state index contributed by atoms with van der Waals surface area (Å²) in [6.45, 7) is 0.382. The van der Waals surface area contributed by atoms with Crippen LogP contribution in [-0.4, -0.2) is 42.2 Å². The predicted octanol–water partition coefficient (Wildman–Crippen LogP) is 4.04. The van der Waals surface area contributed by atoms with Gasteiger partial charge in [0, 0.05) is 35.8 Å². The number of likely N-dealkylation sites (N-methyl/N-ethyl adjacent to an activating group) is 1. The Kier molecular flexibility index (Phi) is 5.02. The van der Waals surface area contributed by atoms with Crippen molar-refractivity contribution in [2.45, 2.75) is 11.5 Å². The Morgan fingerprint density at radius 1 is 1.24 bits per heavy atom. The van der Waals surface area contributed by atoms with Gasteiger partial charge in [0.2, 0.25) is 5.91 Å².